The molecule has 0 unspecified atom stereocenters. The molecule has 7 nitrogen and oxygen atoms in total. The van der Waals surface area contributed by atoms with Crippen LogP contribution in [0.25, 0.3) is 0 Å². The minimum atomic E-state index is -0.266. The van der Waals surface area contributed by atoms with E-state index in [0.717, 1.165) is 57.4 Å². The molecule has 0 atom stereocenters. The predicted octanol–water partition coefficient (Wildman–Crippen LogP) is 2.66. The maximum atomic E-state index is 13.0. The minimum absolute atomic E-state index is 0.266. The number of anilines is 3. The second kappa shape index (κ2) is 7.63. The first-order valence-corrected chi connectivity index (χ1v) is 9.08. The zero-order chi connectivity index (χ0) is 17.8. The zero-order valence-electron chi connectivity index (χ0n) is 14.6. The molecule has 2 fully saturated rings. The fourth-order valence-corrected chi connectivity index (χ4v) is 3.23. The van der Waals surface area contributed by atoms with E-state index in [1.54, 1.807) is 18.3 Å². The van der Waals surface area contributed by atoms with Gasteiger partial charge in [-0.3, -0.25) is 0 Å². The van der Waals surface area contributed by atoms with Crippen molar-refractivity contribution in [1.82, 2.24) is 15.0 Å². The summed E-state index contributed by atoms with van der Waals surface area (Å²) in [7, 11) is 0. The van der Waals surface area contributed by atoms with Gasteiger partial charge in [-0.2, -0.15) is 20.1 Å². The lowest BCUT2D eigenvalue weighted by Crippen LogP contribution is -2.25. The predicted molar refractivity (Wildman–Crippen MR) is 100 cm³/mol. The Kier molecular flexibility index (Phi) is 4.90. The van der Waals surface area contributed by atoms with Gasteiger partial charge in [0.2, 0.25) is 17.8 Å². The number of hydrogen-bond donors (Lipinski definition) is 1. The Morgan fingerprint density at radius 1 is 0.846 bits per heavy atom. The Morgan fingerprint density at radius 3 is 1.92 bits per heavy atom. The van der Waals surface area contributed by atoms with Crippen molar-refractivity contribution in [3.63, 3.8) is 0 Å². The maximum Gasteiger partial charge on any atom is 0.250 e. The molecule has 136 valence electrons. The highest BCUT2D eigenvalue weighted by Gasteiger charge is 2.21. The molecule has 0 bridgehead atoms. The van der Waals surface area contributed by atoms with Gasteiger partial charge in [0.15, 0.2) is 0 Å². The van der Waals surface area contributed by atoms with Crippen LogP contribution in [0.3, 0.4) is 0 Å². The third-order valence-corrected chi connectivity index (χ3v) is 4.64. The van der Waals surface area contributed by atoms with E-state index in [-0.39, 0.29) is 5.82 Å². The van der Waals surface area contributed by atoms with Gasteiger partial charge in [-0.05, 0) is 43.4 Å². The lowest BCUT2D eigenvalue weighted by molar-refractivity contribution is 0.628. The topological polar surface area (TPSA) is 69.5 Å². The lowest BCUT2D eigenvalue weighted by Gasteiger charge is -2.20. The summed E-state index contributed by atoms with van der Waals surface area (Å²) in [5.74, 6) is 1.58. The van der Waals surface area contributed by atoms with Gasteiger partial charge < -0.3 is 9.80 Å². The average molecular weight is 355 g/mol. The number of hydrazone groups is 1. The van der Waals surface area contributed by atoms with E-state index in [0.29, 0.717) is 17.8 Å². The van der Waals surface area contributed by atoms with Crippen molar-refractivity contribution in [2.24, 2.45) is 5.10 Å². The molecule has 0 amide bonds. The van der Waals surface area contributed by atoms with Crippen molar-refractivity contribution in [2.75, 3.05) is 41.4 Å². The maximum absolute atomic E-state index is 13.0. The van der Waals surface area contributed by atoms with Crippen molar-refractivity contribution in [1.29, 1.82) is 0 Å². The van der Waals surface area contributed by atoms with E-state index in [4.69, 9.17) is 0 Å². The van der Waals surface area contributed by atoms with E-state index < -0.39 is 0 Å². The van der Waals surface area contributed by atoms with Crippen molar-refractivity contribution in [3.8, 4) is 0 Å². The highest BCUT2D eigenvalue weighted by molar-refractivity contribution is 5.79. The molecular formula is C18H22FN7. The largest absolute Gasteiger partial charge is 0.341 e. The molecule has 1 aromatic heterocycles. The molecule has 2 aliphatic heterocycles. The molecule has 1 aromatic carbocycles. The number of nitrogens with one attached hydrogen (secondary N) is 1. The second-order valence-corrected chi connectivity index (χ2v) is 6.57. The van der Waals surface area contributed by atoms with Crippen LogP contribution in [0.15, 0.2) is 29.4 Å². The van der Waals surface area contributed by atoms with E-state index in [1.807, 2.05) is 0 Å². The molecule has 0 aliphatic carbocycles. The van der Waals surface area contributed by atoms with Crippen LogP contribution >= 0.6 is 0 Å². The Hall–Kier alpha value is -2.77. The van der Waals surface area contributed by atoms with Gasteiger partial charge in [0.25, 0.3) is 0 Å². The fraction of sp³-hybridized carbons (Fsp3) is 0.444. The highest BCUT2D eigenvalue weighted by atomic mass is 19.1. The molecule has 4 rings (SSSR count). The molecule has 8 heteroatoms. The number of benzene rings is 1. The molecule has 2 aromatic rings. The molecule has 0 radical (unpaired) electrons. The van der Waals surface area contributed by atoms with Crippen LogP contribution < -0.4 is 15.2 Å². The number of aromatic nitrogens is 3. The number of halogens is 1. The SMILES string of the molecule is Fc1ccc(/C=N\Nc2nc(N3CCCC3)nc(N3CCCC3)n2)cc1. The van der Waals surface area contributed by atoms with Gasteiger partial charge in [0.05, 0.1) is 6.21 Å². The Labute approximate surface area is 152 Å². The normalized spacial score (nSPS) is 17.4. The van der Waals surface area contributed by atoms with Crippen molar-refractivity contribution in [3.05, 3.63) is 35.6 Å². The summed E-state index contributed by atoms with van der Waals surface area (Å²) in [5, 5.41) is 4.19. The van der Waals surface area contributed by atoms with Crippen molar-refractivity contribution in [2.45, 2.75) is 25.7 Å². The smallest absolute Gasteiger partial charge is 0.250 e. The van der Waals surface area contributed by atoms with Gasteiger partial charge >= 0.3 is 0 Å². The minimum Gasteiger partial charge on any atom is -0.341 e. The van der Waals surface area contributed by atoms with Crippen LogP contribution in [0.1, 0.15) is 31.2 Å². The van der Waals surface area contributed by atoms with Crippen LogP contribution in [-0.2, 0) is 0 Å². The van der Waals surface area contributed by atoms with E-state index >= 15 is 0 Å². The Balaban J connectivity index is 1.54. The molecule has 1 N–H and O–H groups in total. The zero-order valence-corrected chi connectivity index (χ0v) is 14.6. The summed E-state index contributed by atoms with van der Waals surface area (Å²) >= 11 is 0. The van der Waals surface area contributed by atoms with Crippen molar-refractivity contribution >= 4 is 24.1 Å². The van der Waals surface area contributed by atoms with Gasteiger partial charge in [0, 0.05) is 26.2 Å². The summed E-state index contributed by atoms with van der Waals surface area (Å²) in [6, 6.07) is 6.14. The summed E-state index contributed by atoms with van der Waals surface area (Å²) in [6.45, 7) is 3.90. The molecule has 2 aliphatic rings. The monoisotopic (exact) mass is 355 g/mol. The van der Waals surface area contributed by atoms with Crippen LogP contribution in [0, 0.1) is 5.82 Å². The lowest BCUT2D eigenvalue weighted by atomic mass is 10.2. The van der Waals surface area contributed by atoms with Gasteiger partial charge in [0.1, 0.15) is 5.82 Å². The van der Waals surface area contributed by atoms with Gasteiger partial charge in [-0.25, -0.2) is 9.82 Å². The Morgan fingerprint density at radius 2 is 1.38 bits per heavy atom. The average Bonchev–Trinajstić information content (AvgIpc) is 3.37. The molecule has 3 heterocycles. The molecule has 26 heavy (non-hydrogen) atoms. The van der Waals surface area contributed by atoms with E-state index in [2.05, 4.69) is 35.3 Å². The van der Waals surface area contributed by atoms with Crippen LogP contribution in [0.2, 0.25) is 0 Å². The summed E-state index contributed by atoms with van der Waals surface area (Å²) in [6.07, 6.45) is 6.27. The third kappa shape index (κ3) is 3.89. The van der Waals surface area contributed by atoms with Gasteiger partial charge in [-0.15, -0.1) is 0 Å². The Bertz CT molecular complexity index is 731. The van der Waals surface area contributed by atoms with Crippen LogP contribution in [0.5, 0.6) is 0 Å². The molecule has 2 saturated heterocycles. The van der Waals surface area contributed by atoms with E-state index in [1.165, 1.54) is 12.1 Å². The molecular weight excluding hydrogens is 333 g/mol. The molecule has 0 saturated carbocycles. The summed E-state index contributed by atoms with van der Waals surface area (Å²) in [4.78, 5) is 18.1. The highest BCUT2D eigenvalue weighted by Crippen LogP contribution is 2.22. The quantitative estimate of drug-likeness (QED) is 0.657. The second-order valence-electron chi connectivity index (χ2n) is 6.57. The number of rotatable bonds is 5. The first-order valence-electron chi connectivity index (χ1n) is 9.08. The van der Waals surface area contributed by atoms with Crippen LogP contribution in [-0.4, -0.2) is 47.3 Å². The molecule has 0 spiro atoms. The number of hydrogen-bond acceptors (Lipinski definition) is 7. The standard InChI is InChI=1S/C18H22FN7/c19-15-7-5-14(6-8-15)13-20-24-16-21-17(25-9-1-2-10-25)23-18(22-16)26-11-3-4-12-26/h5-8,13H,1-4,9-12H2,(H,21,22,23,24)/b20-13-. The van der Waals surface area contributed by atoms with Crippen molar-refractivity contribution < 1.29 is 4.39 Å². The fourth-order valence-electron chi connectivity index (χ4n) is 3.23. The third-order valence-electron chi connectivity index (χ3n) is 4.64. The summed E-state index contributed by atoms with van der Waals surface area (Å²) < 4.78 is 13.0. The summed E-state index contributed by atoms with van der Waals surface area (Å²) in [5.41, 5.74) is 3.69. The van der Waals surface area contributed by atoms with Crippen LogP contribution in [0.4, 0.5) is 22.2 Å². The first kappa shape index (κ1) is 16.7. The number of nitrogens with zero attached hydrogens (tertiary/aromatic N) is 6. The van der Waals surface area contributed by atoms with E-state index in [9.17, 15) is 4.39 Å². The first-order chi connectivity index (χ1) is 12.8. The van der Waals surface area contributed by atoms with Gasteiger partial charge in [-0.1, -0.05) is 12.1 Å².